The summed E-state index contributed by atoms with van der Waals surface area (Å²) >= 11 is 0. The Morgan fingerprint density at radius 2 is 2.10 bits per heavy atom. The number of hydrogen-bond donors (Lipinski definition) is 2. The van der Waals surface area contributed by atoms with Gasteiger partial charge in [-0.05, 0) is 6.92 Å². The Hall–Kier alpha value is -1.89. The van der Waals surface area contributed by atoms with E-state index in [1.165, 1.54) is 0 Å². The zero-order valence-electron chi connectivity index (χ0n) is 11.7. The van der Waals surface area contributed by atoms with Gasteiger partial charge >= 0.3 is 5.97 Å². The van der Waals surface area contributed by atoms with Gasteiger partial charge in [0.1, 0.15) is 11.5 Å². The number of aliphatic carboxylic acids is 1. The lowest BCUT2D eigenvalue weighted by Gasteiger charge is -2.16. The molecule has 7 nitrogen and oxygen atoms in total. The highest BCUT2D eigenvalue weighted by Crippen LogP contribution is 2.23. The monoisotopic (exact) mass is 282 g/mol. The van der Waals surface area contributed by atoms with E-state index in [1.807, 2.05) is 13.8 Å². The molecule has 0 aliphatic carbocycles. The third-order valence-electron chi connectivity index (χ3n) is 3.35. The van der Waals surface area contributed by atoms with E-state index in [0.29, 0.717) is 17.0 Å². The van der Waals surface area contributed by atoms with Gasteiger partial charge in [-0.3, -0.25) is 9.59 Å². The minimum Gasteiger partial charge on any atom is -0.481 e. The molecule has 0 aromatic carbocycles. The summed E-state index contributed by atoms with van der Waals surface area (Å²) in [7, 11) is 0. The molecule has 2 heterocycles. The molecule has 0 saturated carbocycles. The smallest absolute Gasteiger partial charge is 0.311 e. The number of hydrogen-bond acceptors (Lipinski definition) is 5. The van der Waals surface area contributed by atoms with Gasteiger partial charge in [0.25, 0.3) is 5.91 Å². The maximum Gasteiger partial charge on any atom is 0.311 e. The first kappa shape index (κ1) is 14.5. The standard InChI is InChI=1S/C13H18N2O5/c1-6(2)11-10(7(3)15-20-11)12(16)14-9-5-19-4-8(9)13(17)18/h6,8-9H,4-5H2,1-3H3,(H,14,16)(H,17,18). The van der Waals surface area contributed by atoms with Crippen LogP contribution in [0.15, 0.2) is 4.52 Å². The van der Waals surface area contributed by atoms with Crippen LogP contribution in [0, 0.1) is 12.8 Å². The molecule has 0 radical (unpaired) electrons. The highest BCUT2D eigenvalue weighted by Gasteiger charge is 2.36. The number of aryl methyl sites for hydroxylation is 1. The first-order valence-corrected chi connectivity index (χ1v) is 6.49. The first-order valence-electron chi connectivity index (χ1n) is 6.49. The third-order valence-corrected chi connectivity index (χ3v) is 3.35. The Morgan fingerprint density at radius 1 is 1.40 bits per heavy atom. The van der Waals surface area contributed by atoms with E-state index in [4.69, 9.17) is 14.4 Å². The maximum atomic E-state index is 12.3. The van der Waals surface area contributed by atoms with Crippen LogP contribution < -0.4 is 5.32 Å². The molecule has 1 aromatic heterocycles. The Balaban J connectivity index is 2.16. The molecule has 110 valence electrons. The summed E-state index contributed by atoms with van der Waals surface area (Å²) in [6, 6.07) is -0.533. The van der Waals surface area contributed by atoms with E-state index >= 15 is 0 Å². The molecule has 7 heteroatoms. The van der Waals surface area contributed by atoms with Gasteiger partial charge in [0.15, 0.2) is 5.76 Å². The lowest BCUT2D eigenvalue weighted by molar-refractivity contribution is -0.142. The molecule has 1 amide bonds. The van der Waals surface area contributed by atoms with E-state index in [1.54, 1.807) is 6.92 Å². The summed E-state index contributed by atoms with van der Waals surface area (Å²) in [5.74, 6) is -1.53. The van der Waals surface area contributed by atoms with Crippen LogP contribution in [-0.2, 0) is 9.53 Å². The van der Waals surface area contributed by atoms with Crippen LogP contribution in [0.25, 0.3) is 0 Å². The zero-order valence-corrected chi connectivity index (χ0v) is 11.7. The number of nitrogens with zero attached hydrogens (tertiary/aromatic N) is 1. The average Bonchev–Trinajstić information content (AvgIpc) is 2.95. The Bertz CT molecular complexity index is 523. The van der Waals surface area contributed by atoms with Crippen LogP contribution in [0.1, 0.15) is 41.6 Å². The third kappa shape index (κ3) is 2.67. The molecular formula is C13H18N2O5. The summed E-state index contributed by atoms with van der Waals surface area (Å²) in [5, 5.41) is 15.6. The second kappa shape index (κ2) is 5.62. The molecule has 2 rings (SSSR count). The topological polar surface area (TPSA) is 102 Å². The molecule has 0 bridgehead atoms. The number of carboxylic acid groups (broad SMARTS) is 1. The van der Waals surface area contributed by atoms with Crippen LogP contribution in [0.4, 0.5) is 0 Å². The maximum absolute atomic E-state index is 12.3. The molecular weight excluding hydrogens is 264 g/mol. The number of ether oxygens (including phenoxy) is 1. The number of carboxylic acids is 1. The molecule has 1 saturated heterocycles. The van der Waals surface area contributed by atoms with Gasteiger partial charge in [-0.25, -0.2) is 0 Å². The van der Waals surface area contributed by atoms with E-state index in [9.17, 15) is 9.59 Å². The average molecular weight is 282 g/mol. The van der Waals surface area contributed by atoms with Crippen molar-refractivity contribution in [3.63, 3.8) is 0 Å². The zero-order chi connectivity index (χ0) is 14.9. The lowest BCUT2D eigenvalue weighted by Crippen LogP contribution is -2.43. The fourth-order valence-corrected chi connectivity index (χ4v) is 2.24. The summed E-state index contributed by atoms with van der Waals surface area (Å²) < 4.78 is 10.3. The molecule has 2 N–H and O–H groups in total. The summed E-state index contributed by atoms with van der Waals surface area (Å²) in [4.78, 5) is 23.4. The van der Waals surface area contributed by atoms with Crippen LogP contribution >= 0.6 is 0 Å². The number of aromatic nitrogens is 1. The lowest BCUT2D eigenvalue weighted by atomic mass is 10.0. The van der Waals surface area contributed by atoms with Gasteiger partial charge in [0.05, 0.1) is 24.9 Å². The fourth-order valence-electron chi connectivity index (χ4n) is 2.24. The highest BCUT2D eigenvalue weighted by atomic mass is 16.5. The van der Waals surface area contributed by atoms with Crippen molar-refractivity contribution in [2.75, 3.05) is 13.2 Å². The highest BCUT2D eigenvalue weighted by molar-refractivity contribution is 5.96. The molecule has 2 atom stereocenters. The number of carbonyl (C=O) groups is 2. The Labute approximate surface area is 116 Å². The molecule has 1 aliphatic heterocycles. The second-order valence-corrected chi connectivity index (χ2v) is 5.22. The minimum atomic E-state index is -0.973. The molecule has 1 aliphatic rings. The van der Waals surface area contributed by atoms with Crippen molar-refractivity contribution in [1.29, 1.82) is 0 Å². The predicted octanol–water partition coefficient (Wildman–Crippen LogP) is 0.936. The predicted molar refractivity (Wildman–Crippen MR) is 68.5 cm³/mol. The molecule has 1 aromatic rings. The van der Waals surface area contributed by atoms with Crippen LogP contribution in [-0.4, -0.2) is 41.4 Å². The molecule has 0 spiro atoms. The minimum absolute atomic E-state index is 0.0204. The van der Waals surface area contributed by atoms with Crippen molar-refractivity contribution < 1.29 is 24.0 Å². The van der Waals surface area contributed by atoms with Crippen LogP contribution in [0.5, 0.6) is 0 Å². The fraction of sp³-hybridized carbons (Fsp3) is 0.615. The number of nitrogens with one attached hydrogen (secondary N) is 1. The SMILES string of the molecule is Cc1noc(C(C)C)c1C(=O)NC1COCC1C(=O)O. The van der Waals surface area contributed by atoms with Crippen molar-refractivity contribution in [2.24, 2.45) is 5.92 Å². The quantitative estimate of drug-likeness (QED) is 0.852. The molecule has 2 unspecified atom stereocenters. The van der Waals surface area contributed by atoms with E-state index in [0.717, 1.165) is 0 Å². The van der Waals surface area contributed by atoms with Gasteiger partial charge in [0.2, 0.25) is 0 Å². The van der Waals surface area contributed by atoms with Gasteiger partial charge in [0, 0.05) is 5.92 Å². The number of carbonyl (C=O) groups excluding carboxylic acids is 1. The van der Waals surface area contributed by atoms with Crippen molar-refractivity contribution in [3.05, 3.63) is 17.0 Å². The molecule has 1 fully saturated rings. The largest absolute Gasteiger partial charge is 0.481 e. The van der Waals surface area contributed by atoms with Gasteiger partial charge in [-0.1, -0.05) is 19.0 Å². The van der Waals surface area contributed by atoms with E-state index in [-0.39, 0.29) is 25.0 Å². The summed E-state index contributed by atoms with van der Waals surface area (Å²) in [6.07, 6.45) is 0. The van der Waals surface area contributed by atoms with Gasteiger partial charge in [-0.2, -0.15) is 0 Å². The summed E-state index contributed by atoms with van der Waals surface area (Å²) in [5.41, 5.74) is 0.882. The van der Waals surface area contributed by atoms with Gasteiger partial charge < -0.3 is 19.7 Å². The van der Waals surface area contributed by atoms with Crippen molar-refractivity contribution in [3.8, 4) is 0 Å². The number of rotatable bonds is 4. The second-order valence-electron chi connectivity index (χ2n) is 5.22. The Morgan fingerprint density at radius 3 is 2.70 bits per heavy atom. The van der Waals surface area contributed by atoms with E-state index < -0.39 is 17.9 Å². The van der Waals surface area contributed by atoms with E-state index in [2.05, 4.69) is 10.5 Å². The number of amides is 1. The van der Waals surface area contributed by atoms with Crippen LogP contribution in [0.3, 0.4) is 0 Å². The van der Waals surface area contributed by atoms with Crippen molar-refractivity contribution in [2.45, 2.75) is 32.7 Å². The normalized spacial score (nSPS) is 22.2. The van der Waals surface area contributed by atoms with Crippen molar-refractivity contribution in [1.82, 2.24) is 10.5 Å². The summed E-state index contributed by atoms with van der Waals surface area (Å²) in [6.45, 7) is 5.79. The Kier molecular flexibility index (Phi) is 4.08. The van der Waals surface area contributed by atoms with Gasteiger partial charge in [-0.15, -0.1) is 0 Å². The first-order chi connectivity index (χ1) is 9.41. The van der Waals surface area contributed by atoms with Crippen LogP contribution in [0.2, 0.25) is 0 Å². The van der Waals surface area contributed by atoms with Crippen molar-refractivity contribution >= 4 is 11.9 Å². The molecule has 20 heavy (non-hydrogen) atoms.